The molecule has 8 nitrogen and oxygen atoms in total. The van der Waals surface area contributed by atoms with Gasteiger partial charge in [0.2, 0.25) is 5.95 Å². The van der Waals surface area contributed by atoms with Gasteiger partial charge in [0.15, 0.2) is 0 Å². The smallest absolute Gasteiger partial charge is 0.330 e. The Bertz CT molecular complexity index is 920. The van der Waals surface area contributed by atoms with Gasteiger partial charge in [-0.2, -0.15) is 9.97 Å². The molecule has 1 saturated carbocycles. The van der Waals surface area contributed by atoms with Gasteiger partial charge in [-0.1, -0.05) is 25.7 Å². The molecule has 0 amide bonds. The van der Waals surface area contributed by atoms with E-state index in [1.165, 1.54) is 25.7 Å². The fraction of sp³-hybridized carbons (Fsp3) is 0.375. The third-order valence-corrected chi connectivity index (χ3v) is 5.32. The normalized spacial score (nSPS) is 14.3. The second-order valence-corrected chi connectivity index (χ2v) is 7.61. The van der Waals surface area contributed by atoms with Crippen LogP contribution in [0.2, 0.25) is 0 Å². The zero-order chi connectivity index (χ0) is 22.2. The summed E-state index contributed by atoms with van der Waals surface area (Å²) in [6, 6.07) is 15.1. The Morgan fingerprint density at radius 1 is 0.625 bits per heavy atom. The summed E-state index contributed by atoms with van der Waals surface area (Å²) < 4.78 is 22.2. The van der Waals surface area contributed by atoms with Crippen LogP contribution in [0.5, 0.6) is 35.0 Å². The molecule has 32 heavy (non-hydrogen) atoms. The zero-order valence-corrected chi connectivity index (χ0v) is 18.4. The van der Waals surface area contributed by atoms with E-state index < -0.39 is 0 Å². The Hall–Kier alpha value is -3.55. The first-order chi connectivity index (χ1) is 15.7. The number of ether oxygens (including phenoxy) is 4. The van der Waals surface area contributed by atoms with Crippen molar-refractivity contribution in [1.82, 2.24) is 15.0 Å². The van der Waals surface area contributed by atoms with Crippen molar-refractivity contribution < 1.29 is 18.9 Å². The highest BCUT2D eigenvalue weighted by Gasteiger charge is 2.16. The van der Waals surface area contributed by atoms with Crippen molar-refractivity contribution >= 4 is 5.95 Å². The van der Waals surface area contributed by atoms with Crippen LogP contribution in [-0.4, -0.2) is 35.2 Å². The van der Waals surface area contributed by atoms with Crippen molar-refractivity contribution in [1.29, 1.82) is 0 Å². The minimum absolute atomic E-state index is 0.157. The number of aromatic nitrogens is 3. The molecule has 1 aliphatic carbocycles. The number of nitrogens with zero attached hydrogens (tertiary/aromatic N) is 3. The minimum atomic E-state index is 0.157. The van der Waals surface area contributed by atoms with Gasteiger partial charge in [-0.3, -0.25) is 0 Å². The van der Waals surface area contributed by atoms with Gasteiger partial charge in [-0.25, -0.2) is 0 Å². The van der Waals surface area contributed by atoms with Crippen molar-refractivity contribution in [3.8, 4) is 35.0 Å². The summed E-state index contributed by atoms with van der Waals surface area (Å²) in [5.41, 5.74) is 0. The molecular weight excluding hydrogens is 408 g/mol. The summed E-state index contributed by atoms with van der Waals surface area (Å²) in [6.45, 7) is 0. The van der Waals surface area contributed by atoms with Gasteiger partial charge in [0.1, 0.15) is 23.0 Å². The highest BCUT2D eigenvalue weighted by atomic mass is 16.5. The molecule has 0 atom stereocenters. The lowest BCUT2D eigenvalue weighted by Crippen LogP contribution is -2.20. The molecule has 1 fully saturated rings. The highest BCUT2D eigenvalue weighted by molar-refractivity contribution is 5.36. The van der Waals surface area contributed by atoms with Crippen molar-refractivity contribution in [3.05, 3.63) is 48.5 Å². The van der Waals surface area contributed by atoms with Crippen LogP contribution in [0.1, 0.15) is 38.5 Å². The molecular formula is C24H28N4O4. The van der Waals surface area contributed by atoms with E-state index in [4.69, 9.17) is 18.9 Å². The first-order valence-corrected chi connectivity index (χ1v) is 10.9. The number of rotatable bonds is 8. The van der Waals surface area contributed by atoms with Crippen LogP contribution in [0.25, 0.3) is 0 Å². The molecule has 3 aromatic rings. The molecule has 0 aliphatic heterocycles. The van der Waals surface area contributed by atoms with Gasteiger partial charge in [-0.05, 0) is 61.4 Å². The lowest BCUT2D eigenvalue weighted by Gasteiger charge is -2.17. The second kappa shape index (κ2) is 10.7. The van der Waals surface area contributed by atoms with Crippen LogP contribution < -0.4 is 24.3 Å². The van der Waals surface area contributed by atoms with Crippen LogP contribution in [0.3, 0.4) is 0 Å². The van der Waals surface area contributed by atoms with Crippen molar-refractivity contribution in [2.24, 2.45) is 0 Å². The van der Waals surface area contributed by atoms with Crippen molar-refractivity contribution in [2.75, 3.05) is 19.5 Å². The molecule has 0 bridgehead atoms. The number of hydrogen-bond donors (Lipinski definition) is 1. The third kappa shape index (κ3) is 6.00. The Balaban J connectivity index is 1.56. The maximum atomic E-state index is 5.89. The largest absolute Gasteiger partial charge is 0.497 e. The van der Waals surface area contributed by atoms with Crippen molar-refractivity contribution in [2.45, 2.75) is 44.6 Å². The average molecular weight is 437 g/mol. The van der Waals surface area contributed by atoms with Gasteiger partial charge >= 0.3 is 12.0 Å². The third-order valence-electron chi connectivity index (χ3n) is 5.32. The SMILES string of the molecule is COc1ccc(Oc2nc(NC3CCCCCC3)nc(Oc3ccc(OC)cc3)n2)cc1. The summed E-state index contributed by atoms with van der Waals surface area (Å²) in [5.74, 6) is 3.11. The predicted molar refractivity (Wildman–Crippen MR) is 121 cm³/mol. The molecule has 8 heteroatoms. The van der Waals surface area contributed by atoms with Crippen molar-refractivity contribution in [3.63, 3.8) is 0 Å². The van der Waals surface area contributed by atoms with Crippen LogP contribution in [0, 0.1) is 0 Å². The summed E-state index contributed by atoms with van der Waals surface area (Å²) >= 11 is 0. The lowest BCUT2D eigenvalue weighted by atomic mass is 10.1. The molecule has 0 saturated heterocycles. The van der Waals surface area contributed by atoms with Gasteiger partial charge in [0.05, 0.1) is 14.2 Å². The van der Waals surface area contributed by atoms with Gasteiger partial charge in [0, 0.05) is 6.04 Å². The molecule has 1 N–H and O–H groups in total. The van der Waals surface area contributed by atoms with E-state index >= 15 is 0 Å². The van der Waals surface area contributed by atoms with E-state index in [2.05, 4.69) is 20.3 Å². The van der Waals surface area contributed by atoms with E-state index in [0.717, 1.165) is 24.3 Å². The maximum absolute atomic E-state index is 5.89. The quantitative estimate of drug-likeness (QED) is 0.456. The van der Waals surface area contributed by atoms with E-state index in [9.17, 15) is 0 Å². The van der Waals surface area contributed by atoms with E-state index in [0.29, 0.717) is 23.5 Å². The number of nitrogens with one attached hydrogen (secondary N) is 1. The minimum Gasteiger partial charge on any atom is -0.497 e. The molecule has 1 heterocycles. The van der Waals surface area contributed by atoms with Crippen LogP contribution in [0.15, 0.2) is 48.5 Å². The predicted octanol–water partition coefficient (Wildman–Crippen LogP) is 5.61. The first kappa shape index (κ1) is 21.7. The number of methoxy groups -OCH3 is 2. The summed E-state index contributed by atoms with van der Waals surface area (Å²) in [7, 11) is 3.24. The van der Waals surface area contributed by atoms with Crippen LogP contribution in [-0.2, 0) is 0 Å². The van der Waals surface area contributed by atoms with Gasteiger partial charge in [-0.15, -0.1) is 4.98 Å². The van der Waals surface area contributed by atoms with Crippen LogP contribution >= 0.6 is 0 Å². The molecule has 168 valence electrons. The Labute approximate surface area is 187 Å². The molecule has 0 unspecified atom stereocenters. The maximum Gasteiger partial charge on any atom is 0.330 e. The van der Waals surface area contributed by atoms with Gasteiger partial charge < -0.3 is 24.3 Å². The Morgan fingerprint density at radius 2 is 1.06 bits per heavy atom. The molecule has 2 aromatic carbocycles. The summed E-state index contributed by atoms with van der Waals surface area (Å²) in [5, 5.41) is 3.45. The molecule has 1 aliphatic rings. The topological polar surface area (TPSA) is 87.6 Å². The summed E-state index contributed by atoms with van der Waals surface area (Å²) in [4.78, 5) is 13.3. The number of benzene rings is 2. The first-order valence-electron chi connectivity index (χ1n) is 10.9. The number of anilines is 1. The molecule has 4 rings (SSSR count). The number of hydrogen-bond acceptors (Lipinski definition) is 8. The van der Waals surface area contributed by atoms with E-state index in [1.54, 1.807) is 38.5 Å². The summed E-state index contributed by atoms with van der Waals surface area (Å²) in [6.07, 6.45) is 7.13. The average Bonchev–Trinajstić information content (AvgIpc) is 3.08. The van der Waals surface area contributed by atoms with E-state index in [1.807, 2.05) is 24.3 Å². The zero-order valence-electron chi connectivity index (χ0n) is 18.4. The lowest BCUT2D eigenvalue weighted by molar-refractivity contribution is 0.392. The highest BCUT2D eigenvalue weighted by Crippen LogP contribution is 2.27. The monoisotopic (exact) mass is 436 g/mol. The Morgan fingerprint density at radius 3 is 1.50 bits per heavy atom. The van der Waals surface area contributed by atoms with Gasteiger partial charge in [0.25, 0.3) is 0 Å². The van der Waals surface area contributed by atoms with E-state index in [-0.39, 0.29) is 12.0 Å². The Kier molecular flexibility index (Phi) is 7.22. The van der Waals surface area contributed by atoms with Crippen LogP contribution in [0.4, 0.5) is 5.95 Å². The second-order valence-electron chi connectivity index (χ2n) is 7.61. The molecule has 0 spiro atoms. The molecule has 0 radical (unpaired) electrons. The fourth-order valence-corrected chi connectivity index (χ4v) is 3.60. The fourth-order valence-electron chi connectivity index (χ4n) is 3.60. The molecule has 1 aromatic heterocycles. The standard InChI is InChI=1S/C24H28N4O4/c1-29-18-9-13-20(14-10-18)31-23-26-22(25-17-7-5-3-4-6-8-17)27-24(28-23)32-21-15-11-19(30-2)12-16-21/h9-17H,3-8H2,1-2H3,(H,25,26,27,28).